The third kappa shape index (κ3) is 5.98. The van der Waals surface area contributed by atoms with E-state index >= 15 is 0 Å². The van der Waals surface area contributed by atoms with Gasteiger partial charge in [0, 0.05) is 31.9 Å². The first kappa shape index (κ1) is 26.2. The SMILES string of the molecule is CCCN(C(=O)NCC)C(=O)[C@@H]1C[C@@H]2Cc3nn(C(=O)OC(C)(C)C)cc3C[C@H]2N(CCC)C1. The number of fused-ring (bicyclic) bond motifs is 2. The number of piperidine rings is 1. The molecule has 0 radical (unpaired) electrons. The Hall–Kier alpha value is -2.42. The summed E-state index contributed by atoms with van der Waals surface area (Å²) >= 11 is 0. The second-order valence-electron chi connectivity index (χ2n) is 10.5. The largest absolute Gasteiger partial charge is 0.442 e. The summed E-state index contributed by atoms with van der Waals surface area (Å²) < 4.78 is 6.80. The monoisotopic (exact) mass is 475 g/mol. The molecule has 3 amide bonds. The fraction of sp³-hybridized carbons (Fsp3) is 0.760. The topological polar surface area (TPSA) is 96.8 Å². The normalized spacial score (nSPS) is 22.5. The molecule has 0 saturated carbocycles. The van der Waals surface area contributed by atoms with Crippen LogP contribution < -0.4 is 5.32 Å². The number of imide groups is 1. The number of likely N-dealkylation sites (tertiary alicyclic amines) is 1. The lowest BCUT2D eigenvalue weighted by Crippen LogP contribution is -2.56. The minimum atomic E-state index is -0.586. The molecule has 3 rings (SSSR count). The molecule has 1 aliphatic heterocycles. The summed E-state index contributed by atoms with van der Waals surface area (Å²) in [5.41, 5.74) is 1.40. The molecule has 9 heteroatoms. The van der Waals surface area contributed by atoms with E-state index in [4.69, 9.17) is 4.74 Å². The molecule has 190 valence electrons. The lowest BCUT2D eigenvalue weighted by Gasteiger charge is -2.46. The molecule has 1 aliphatic carbocycles. The zero-order valence-corrected chi connectivity index (χ0v) is 21.6. The highest BCUT2D eigenvalue weighted by Crippen LogP contribution is 2.37. The molecular formula is C25H41N5O4. The minimum Gasteiger partial charge on any atom is -0.442 e. The maximum atomic E-state index is 13.5. The Balaban J connectivity index is 1.80. The van der Waals surface area contributed by atoms with Gasteiger partial charge in [-0.3, -0.25) is 14.6 Å². The van der Waals surface area contributed by atoms with Gasteiger partial charge in [0.15, 0.2) is 0 Å². The fourth-order valence-electron chi connectivity index (χ4n) is 5.22. The number of hydrogen-bond donors (Lipinski definition) is 1. The van der Waals surface area contributed by atoms with Gasteiger partial charge in [0.25, 0.3) is 0 Å². The number of carbonyl (C=O) groups is 3. The predicted octanol–water partition coefficient (Wildman–Crippen LogP) is 3.45. The highest BCUT2D eigenvalue weighted by Gasteiger charge is 2.43. The molecular weight excluding hydrogens is 434 g/mol. The number of carbonyl (C=O) groups excluding carboxylic acids is 3. The third-order valence-electron chi connectivity index (χ3n) is 6.54. The van der Waals surface area contributed by atoms with Crippen molar-refractivity contribution >= 4 is 18.0 Å². The maximum Gasteiger partial charge on any atom is 0.435 e. The van der Waals surface area contributed by atoms with Crippen molar-refractivity contribution in [2.45, 2.75) is 85.3 Å². The summed E-state index contributed by atoms with van der Waals surface area (Å²) in [6, 6.07) is -0.00238. The van der Waals surface area contributed by atoms with Crippen molar-refractivity contribution in [3.8, 4) is 0 Å². The number of ether oxygens (including phenoxy) is 1. The number of amides is 3. The van der Waals surface area contributed by atoms with Crippen molar-refractivity contribution in [1.29, 1.82) is 0 Å². The van der Waals surface area contributed by atoms with Gasteiger partial charge in [0.05, 0.1) is 11.6 Å². The zero-order chi connectivity index (χ0) is 25.0. The molecule has 2 heterocycles. The van der Waals surface area contributed by atoms with Gasteiger partial charge >= 0.3 is 12.1 Å². The van der Waals surface area contributed by atoms with E-state index < -0.39 is 11.7 Å². The van der Waals surface area contributed by atoms with E-state index in [0.717, 1.165) is 43.5 Å². The van der Waals surface area contributed by atoms with Crippen molar-refractivity contribution in [3.63, 3.8) is 0 Å². The highest BCUT2D eigenvalue weighted by atomic mass is 16.6. The average molecular weight is 476 g/mol. The van der Waals surface area contributed by atoms with E-state index in [1.807, 2.05) is 34.6 Å². The Kier molecular flexibility index (Phi) is 8.38. The molecule has 0 bridgehead atoms. The van der Waals surface area contributed by atoms with Crippen LogP contribution in [-0.2, 0) is 22.4 Å². The van der Waals surface area contributed by atoms with Gasteiger partial charge in [-0.25, -0.2) is 9.59 Å². The molecule has 9 nitrogen and oxygen atoms in total. The Bertz CT molecular complexity index is 890. The van der Waals surface area contributed by atoms with Gasteiger partial charge in [-0.1, -0.05) is 13.8 Å². The van der Waals surface area contributed by atoms with E-state index in [0.29, 0.717) is 32.1 Å². The van der Waals surface area contributed by atoms with Crippen molar-refractivity contribution in [3.05, 3.63) is 17.5 Å². The lowest BCUT2D eigenvalue weighted by atomic mass is 9.74. The smallest absolute Gasteiger partial charge is 0.435 e. The molecule has 1 fully saturated rings. The molecule has 0 aromatic carbocycles. The van der Waals surface area contributed by atoms with Crippen LogP contribution in [0.4, 0.5) is 9.59 Å². The summed E-state index contributed by atoms with van der Waals surface area (Å²) in [5.74, 6) is -0.0599. The van der Waals surface area contributed by atoms with Crippen LogP contribution in [0.25, 0.3) is 0 Å². The molecule has 1 aromatic heterocycles. The van der Waals surface area contributed by atoms with Crippen LogP contribution in [0.3, 0.4) is 0 Å². The molecule has 0 spiro atoms. The van der Waals surface area contributed by atoms with E-state index in [2.05, 4.69) is 22.2 Å². The molecule has 2 aliphatic rings. The van der Waals surface area contributed by atoms with E-state index in [-0.39, 0.29) is 23.8 Å². The van der Waals surface area contributed by atoms with E-state index in [1.165, 1.54) is 9.58 Å². The standard InChI is InChI=1S/C25H41N5O4/c1-7-10-28-15-19(22(31)29(11-8-2)23(32)26-9-3)12-17-13-20-18(14-21(17)28)16-30(27-20)24(33)34-25(4,5)6/h16-17,19,21H,7-15H2,1-6H3,(H,26,32)/t17-,19-,21-/m1/s1. The Morgan fingerprint density at radius 2 is 1.91 bits per heavy atom. The summed E-state index contributed by atoms with van der Waals surface area (Å²) in [6.45, 7) is 14.0. The van der Waals surface area contributed by atoms with Crippen LogP contribution in [0.15, 0.2) is 6.20 Å². The first-order valence-corrected chi connectivity index (χ1v) is 12.7. The van der Waals surface area contributed by atoms with Crippen molar-refractivity contribution in [2.75, 3.05) is 26.2 Å². The summed E-state index contributed by atoms with van der Waals surface area (Å²) in [4.78, 5) is 42.4. The van der Waals surface area contributed by atoms with Crippen LogP contribution in [0.2, 0.25) is 0 Å². The van der Waals surface area contributed by atoms with Gasteiger partial charge in [0.2, 0.25) is 5.91 Å². The summed E-state index contributed by atoms with van der Waals surface area (Å²) in [5, 5.41) is 7.33. The summed E-state index contributed by atoms with van der Waals surface area (Å²) in [6.07, 6.45) is 5.30. The zero-order valence-electron chi connectivity index (χ0n) is 21.6. The molecule has 0 unspecified atom stereocenters. The van der Waals surface area contributed by atoms with Crippen LogP contribution in [-0.4, -0.2) is 75.4 Å². The fourth-order valence-corrected chi connectivity index (χ4v) is 5.22. The van der Waals surface area contributed by atoms with Crippen LogP contribution >= 0.6 is 0 Å². The lowest BCUT2D eigenvalue weighted by molar-refractivity contribution is -0.136. The number of aromatic nitrogens is 2. The molecule has 34 heavy (non-hydrogen) atoms. The van der Waals surface area contributed by atoms with Crippen molar-refractivity contribution in [2.24, 2.45) is 11.8 Å². The minimum absolute atomic E-state index is 0.0857. The number of hydrogen-bond acceptors (Lipinski definition) is 6. The van der Waals surface area contributed by atoms with E-state index in [9.17, 15) is 14.4 Å². The maximum absolute atomic E-state index is 13.5. The third-order valence-corrected chi connectivity index (χ3v) is 6.54. The van der Waals surface area contributed by atoms with Gasteiger partial charge in [-0.15, -0.1) is 0 Å². The van der Waals surface area contributed by atoms with Crippen LogP contribution in [0.1, 0.15) is 72.1 Å². The molecule has 3 atom stereocenters. The Labute approximate surface area is 203 Å². The number of nitrogens with zero attached hydrogens (tertiary/aromatic N) is 4. The highest BCUT2D eigenvalue weighted by molar-refractivity contribution is 5.95. The second-order valence-corrected chi connectivity index (χ2v) is 10.5. The molecule has 1 saturated heterocycles. The van der Waals surface area contributed by atoms with Crippen molar-refractivity contribution in [1.82, 2.24) is 24.9 Å². The second kappa shape index (κ2) is 10.9. The summed E-state index contributed by atoms with van der Waals surface area (Å²) in [7, 11) is 0. The average Bonchev–Trinajstić information content (AvgIpc) is 3.18. The number of nitrogens with one attached hydrogen (secondary N) is 1. The number of urea groups is 1. The van der Waals surface area contributed by atoms with E-state index in [1.54, 1.807) is 6.20 Å². The van der Waals surface area contributed by atoms with Crippen LogP contribution in [0, 0.1) is 11.8 Å². The first-order valence-electron chi connectivity index (χ1n) is 12.7. The van der Waals surface area contributed by atoms with Crippen molar-refractivity contribution < 1.29 is 19.1 Å². The number of rotatable bonds is 6. The molecule has 1 aromatic rings. The van der Waals surface area contributed by atoms with Gasteiger partial charge < -0.3 is 10.1 Å². The quantitative estimate of drug-likeness (QED) is 0.677. The van der Waals surface area contributed by atoms with Gasteiger partial charge in [-0.2, -0.15) is 9.78 Å². The van der Waals surface area contributed by atoms with Crippen LogP contribution in [0.5, 0.6) is 0 Å². The molecule has 1 N–H and O–H groups in total. The first-order chi connectivity index (χ1) is 16.1. The Morgan fingerprint density at radius 1 is 1.18 bits per heavy atom. The van der Waals surface area contributed by atoms with Gasteiger partial charge in [0.1, 0.15) is 5.60 Å². The van der Waals surface area contributed by atoms with Gasteiger partial charge in [-0.05, 0) is 77.8 Å². The predicted molar refractivity (Wildman–Crippen MR) is 130 cm³/mol. The Morgan fingerprint density at radius 3 is 2.53 bits per heavy atom.